The number of hydrogen-bond acceptors (Lipinski definition) is 4. The van der Waals surface area contributed by atoms with Gasteiger partial charge >= 0.3 is 24.8 Å². The van der Waals surface area contributed by atoms with E-state index in [2.05, 4.69) is 4.74 Å². The van der Waals surface area contributed by atoms with Crippen molar-refractivity contribution in [3.05, 3.63) is 0 Å². The van der Waals surface area contributed by atoms with Gasteiger partial charge in [0.1, 0.15) is 0 Å². The van der Waals surface area contributed by atoms with Gasteiger partial charge in [-0.05, 0) is 6.42 Å². The molecule has 0 aliphatic rings. The number of unbranched alkanes of at least 4 members (excludes halogenated alkanes) is 1. The van der Waals surface area contributed by atoms with E-state index in [-0.39, 0.29) is 18.9 Å². The van der Waals surface area contributed by atoms with E-state index in [1.807, 2.05) is 6.92 Å². The van der Waals surface area contributed by atoms with E-state index < -0.39 is 18.4 Å². The van der Waals surface area contributed by atoms with E-state index in [9.17, 15) is 14.7 Å². The Bertz CT molecular complexity index is 146. The number of ether oxygens (including phenoxy) is 1. The Kier molecular flexibility index (Phi) is 10.1. The van der Waals surface area contributed by atoms with Crippen LogP contribution in [0.1, 0.15) is 26.2 Å². The van der Waals surface area contributed by atoms with Crippen LogP contribution in [0, 0.1) is 0 Å². The topological polar surface area (TPSA) is 66.4 Å². The molecule has 0 bridgehead atoms. The van der Waals surface area contributed by atoms with Crippen LogP contribution in [0.15, 0.2) is 0 Å². The number of carboxylic acid groups (broad SMARTS) is 1. The minimum atomic E-state index is -1.40. The van der Waals surface area contributed by atoms with Crippen molar-refractivity contribution in [3.8, 4) is 0 Å². The van der Waals surface area contributed by atoms with Crippen molar-refractivity contribution in [2.45, 2.75) is 26.2 Å². The van der Waals surface area contributed by atoms with E-state index in [1.54, 1.807) is 0 Å². The first-order valence-electron chi connectivity index (χ1n) is 3.52. The first-order chi connectivity index (χ1) is 5.16. The zero-order chi connectivity index (χ0) is 8.69. The van der Waals surface area contributed by atoms with Crippen molar-refractivity contribution in [1.29, 1.82) is 0 Å². The summed E-state index contributed by atoms with van der Waals surface area (Å²) in [6, 6.07) is 0. The Morgan fingerprint density at radius 2 is 2.00 bits per heavy atom. The third kappa shape index (κ3) is 9.54. The fraction of sp³-hybridized carbons (Fsp3) is 0.714. The Balaban J connectivity index is 0. The maximum atomic E-state index is 10.5. The van der Waals surface area contributed by atoms with Gasteiger partial charge in [0.25, 0.3) is 0 Å². The molecule has 64 valence electrons. The first kappa shape index (κ1) is 14.1. The molecule has 0 aromatic carbocycles. The van der Waals surface area contributed by atoms with Gasteiger partial charge in [0.15, 0.2) is 0 Å². The molecule has 0 N–H and O–H groups in total. The summed E-state index contributed by atoms with van der Waals surface area (Å²) < 4.78 is 4.53. The molecule has 0 unspecified atom stereocenters. The van der Waals surface area contributed by atoms with Gasteiger partial charge in [0.2, 0.25) is 0 Å². The Morgan fingerprint density at radius 3 is 2.42 bits per heavy atom. The summed E-state index contributed by atoms with van der Waals surface area (Å²) in [6.45, 7) is 2.25. The summed E-state index contributed by atoms with van der Waals surface area (Å²) in [4.78, 5) is 20.3. The van der Waals surface area contributed by atoms with Crippen LogP contribution >= 0.6 is 0 Å². The van der Waals surface area contributed by atoms with Gasteiger partial charge in [-0.25, -0.2) is 0 Å². The summed E-state index contributed by atoms with van der Waals surface area (Å²) in [5.74, 6) is -2.12. The number of carbonyl (C=O) groups is 2. The second kappa shape index (κ2) is 8.63. The van der Waals surface area contributed by atoms with Crippen LogP contribution in [0.25, 0.3) is 0 Å². The fourth-order valence-electron chi connectivity index (χ4n) is 0.499. The molecule has 0 atom stereocenters. The van der Waals surface area contributed by atoms with Gasteiger partial charge in [-0.2, -0.15) is 0 Å². The van der Waals surface area contributed by atoms with Crippen LogP contribution < -0.4 is 24.0 Å². The van der Waals surface area contributed by atoms with Crippen LogP contribution in [-0.2, 0) is 14.3 Å². The van der Waals surface area contributed by atoms with Crippen LogP contribution in [0.4, 0.5) is 0 Å². The van der Waals surface area contributed by atoms with Gasteiger partial charge in [-0.15, -0.1) is 0 Å². The average molecular weight is 166 g/mol. The average Bonchev–Trinajstić information content (AvgIpc) is 1.86. The van der Waals surface area contributed by atoms with Crippen LogP contribution in [-0.4, -0.2) is 18.5 Å². The summed E-state index contributed by atoms with van der Waals surface area (Å²) in [7, 11) is 0. The molecule has 0 aromatic heterocycles. The smallest absolute Gasteiger partial charge is 0.550 e. The Labute approximate surface area is 83.5 Å². The quantitative estimate of drug-likeness (QED) is 0.184. The number of carbonyl (C=O) groups excluding carboxylic acids is 2. The third-order valence-electron chi connectivity index (χ3n) is 1.05. The standard InChI is InChI=1S/C7H12O4.Li/c1-2-3-4-11-7(10)5-6(8)9;/h2-5H2,1H3,(H,8,9);/q;+1/p-1. The zero-order valence-corrected chi connectivity index (χ0v) is 7.46. The molecule has 0 aromatic rings. The molecule has 5 heteroatoms. The number of aliphatic carboxylic acids is 1. The molecule has 0 aliphatic carbocycles. The monoisotopic (exact) mass is 166 g/mol. The zero-order valence-electron chi connectivity index (χ0n) is 7.46. The van der Waals surface area contributed by atoms with Gasteiger partial charge in [0, 0.05) is 0 Å². The summed E-state index contributed by atoms with van der Waals surface area (Å²) in [5, 5.41) is 9.83. The van der Waals surface area contributed by atoms with Crippen molar-refractivity contribution in [1.82, 2.24) is 0 Å². The molecule has 4 nitrogen and oxygen atoms in total. The van der Waals surface area contributed by atoms with Crippen LogP contribution in [0.2, 0.25) is 0 Å². The number of hydrogen-bond donors (Lipinski definition) is 0. The van der Waals surface area contributed by atoms with E-state index in [0.29, 0.717) is 6.61 Å². The normalized spacial score (nSPS) is 8.42. The van der Waals surface area contributed by atoms with Crippen molar-refractivity contribution in [2.24, 2.45) is 0 Å². The molecule has 0 rings (SSSR count). The molecular weight excluding hydrogens is 155 g/mol. The minimum absolute atomic E-state index is 0. The molecule has 0 fully saturated rings. The van der Waals surface area contributed by atoms with E-state index >= 15 is 0 Å². The molecule has 0 amide bonds. The van der Waals surface area contributed by atoms with Crippen molar-refractivity contribution in [2.75, 3.05) is 6.61 Å². The SMILES string of the molecule is CCCCOC(=O)CC(=O)[O-].[Li+]. The van der Waals surface area contributed by atoms with Crippen molar-refractivity contribution in [3.63, 3.8) is 0 Å². The van der Waals surface area contributed by atoms with Gasteiger partial charge in [0.05, 0.1) is 19.0 Å². The summed E-state index contributed by atoms with van der Waals surface area (Å²) >= 11 is 0. The molecule has 0 saturated carbocycles. The van der Waals surface area contributed by atoms with Crippen molar-refractivity contribution >= 4 is 11.9 Å². The number of esters is 1. The van der Waals surface area contributed by atoms with Crippen LogP contribution in [0.3, 0.4) is 0 Å². The van der Waals surface area contributed by atoms with Crippen LogP contribution in [0.5, 0.6) is 0 Å². The van der Waals surface area contributed by atoms with E-state index in [0.717, 1.165) is 12.8 Å². The second-order valence-electron chi connectivity index (χ2n) is 2.12. The summed E-state index contributed by atoms with van der Waals surface area (Å²) in [5.41, 5.74) is 0. The predicted molar refractivity (Wildman–Crippen MR) is 35.5 cm³/mol. The first-order valence-corrected chi connectivity index (χ1v) is 3.52. The van der Waals surface area contributed by atoms with Gasteiger partial charge in [-0.3, -0.25) is 4.79 Å². The Hall–Kier alpha value is -0.463. The molecule has 12 heavy (non-hydrogen) atoms. The fourth-order valence-corrected chi connectivity index (χ4v) is 0.499. The van der Waals surface area contributed by atoms with Gasteiger partial charge in [-0.1, -0.05) is 13.3 Å². The molecule has 0 spiro atoms. The maximum Gasteiger partial charge on any atom is 1.00 e. The molecule has 0 heterocycles. The predicted octanol–water partition coefficient (Wildman–Crippen LogP) is -3.53. The van der Waals surface area contributed by atoms with Crippen molar-refractivity contribution < 1.29 is 38.3 Å². The summed E-state index contributed by atoms with van der Waals surface area (Å²) in [6.07, 6.45) is 1.03. The molecule has 0 aliphatic heterocycles. The molecule has 0 radical (unpaired) electrons. The Morgan fingerprint density at radius 1 is 1.42 bits per heavy atom. The maximum absolute atomic E-state index is 10.5. The largest absolute Gasteiger partial charge is 1.00 e. The second-order valence-corrected chi connectivity index (χ2v) is 2.12. The molecular formula is C7H11LiO4. The van der Waals surface area contributed by atoms with Gasteiger partial charge < -0.3 is 14.6 Å². The third-order valence-corrected chi connectivity index (χ3v) is 1.05. The minimum Gasteiger partial charge on any atom is -0.550 e. The van der Waals surface area contributed by atoms with E-state index in [4.69, 9.17) is 0 Å². The molecule has 0 saturated heterocycles. The number of rotatable bonds is 5. The van der Waals surface area contributed by atoms with E-state index in [1.165, 1.54) is 0 Å². The number of carboxylic acids is 1.